The molecule has 0 unspecified atom stereocenters. The number of benzene rings is 3. The Morgan fingerprint density at radius 1 is 0.976 bits per heavy atom. The standard InChI is InChI=1S/C31H38FN3O5S2/c1-6-22(3)33-31(37)23(4)34(20-24-12-14-25(32)15-13-24)30(36)21-35(28-10-8-9-11-29(28)40-7-2)42(38,39)27-18-16-26(41-5)17-19-27/h8-19,22-23H,6-7,20-21H2,1-5H3,(H,33,37)/t22-,23+/m0/s1. The minimum Gasteiger partial charge on any atom is -0.492 e. The van der Waals surface area contributed by atoms with Crippen molar-refractivity contribution in [2.24, 2.45) is 0 Å². The van der Waals surface area contributed by atoms with Crippen LogP contribution in [-0.2, 0) is 26.2 Å². The number of nitrogens with one attached hydrogen (secondary N) is 1. The molecule has 2 amide bonds. The number of anilines is 1. The lowest BCUT2D eigenvalue weighted by molar-refractivity contribution is -0.139. The van der Waals surface area contributed by atoms with Crippen LogP contribution >= 0.6 is 11.8 Å². The van der Waals surface area contributed by atoms with E-state index in [2.05, 4.69) is 5.32 Å². The van der Waals surface area contributed by atoms with Gasteiger partial charge in [-0.2, -0.15) is 0 Å². The van der Waals surface area contributed by atoms with Crippen LogP contribution in [0.2, 0.25) is 0 Å². The topological polar surface area (TPSA) is 96.0 Å². The van der Waals surface area contributed by atoms with Crippen molar-refractivity contribution in [1.82, 2.24) is 10.2 Å². The number of sulfonamides is 1. The second kappa shape index (κ2) is 15.1. The van der Waals surface area contributed by atoms with Crippen LogP contribution < -0.4 is 14.4 Å². The van der Waals surface area contributed by atoms with Crippen molar-refractivity contribution in [2.75, 3.05) is 23.7 Å². The van der Waals surface area contributed by atoms with Crippen molar-refractivity contribution in [2.45, 2.75) is 62.5 Å². The second-order valence-electron chi connectivity index (χ2n) is 9.73. The highest BCUT2D eigenvalue weighted by Gasteiger charge is 2.34. The van der Waals surface area contributed by atoms with E-state index in [-0.39, 0.29) is 35.7 Å². The fourth-order valence-electron chi connectivity index (χ4n) is 4.16. The second-order valence-corrected chi connectivity index (χ2v) is 12.5. The smallest absolute Gasteiger partial charge is 0.264 e. The number of carbonyl (C=O) groups excluding carboxylic acids is 2. The van der Waals surface area contributed by atoms with E-state index in [4.69, 9.17) is 4.74 Å². The summed E-state index contributed by atoms with van der Waals surface area (Å²) in [4.78, 5) is 29.4. The summed E-state index contributed by atoms with van der Waals surface area (Å²) in [6, 6.07) is 17.6. The van der Waals surface area contributed by atoms with Gasteiger partial charge in [0.25, 0.3) is 10.0 Å². The third kappa shape index (κ3) is 8.25. The van der Waals surface area contributed by atoms with Crippen molar-refractivity contribution >= 4 is 39.3 Å². The maximum Gasteiger partial charge on any atom is 0.264 e. The Bertz CT molecular complexity index is 1450. The summed E-state index contributed by atoms with van der Waals surface area (Å²) in [6.07, 6.45) is 2.58. The molecule has 3 aromatic rings. The average Bonchev–Trinajstić information content (AvgIpc) is 2.99. The van der Waals surface area contributed by atoms with Crippen LogP contribution in [0.3, 0.4) is 0 Å². The van der Waals surface area contributed by atoms with Gasteiger partial charge in [0.2, 0.25) is 11.8 Å². The molecule has 2 atom stereocenters. The van der Waals surface area contributed by atoms with Gasteiger partial charge in [-0.15, -0.1) is 11.8 Å². The lowest BCUT2D eigenvalue weighted by atomic mass is 10.1. The van der Waals surface area contributed by atoms with Crippen molar-refractivity contribution in [3.8, 4) is 5.75 Å². The fourth-order valence-corrected chi connectivity index (χ4v) is 6.00. The van der Waals surface area contributed by atoms with E-state index in [0.717, 1.165) is 9.20 Å². The maximum atomic E-state index is 14.1. The van der Waals surface area contributed by atoms with Crippen LogP contribution in [0.1, 0.15) is 39.7 Å². The predicted octanol–water partition coefficient (Wildman–Crippen LogP) is 5.47. The van der Waals surface area contributed by atoms with E-state index in [1.54, 1.807) is 50.2 Å². The van der Waals surface area contributed by atoms with Crippen LogP contribution in [-0.4, -0.2) is 56.6 Å². The monoisotopic (exact) mass is 615 g/mol. The molecule has 0 radical (unpaired) electrons. The number of rotatable bonds is 14. The molecule has 42 heavy (non-hydrogen) atoms. The van der Waals surface area contributed by atoms with Gasteiger partial charge in [-0.1, -0.05) is 31.2 Å². The molecule has 3 rings (SSSR count). The molecule has 0 aromatic heterocycles. The van der Waals surface area contributed by atoms with E-state index in [9.17, 15) is 22.4 Å². The molecule has 0 spiro atoms. The molecule has 0 aliphatic carbocycles. The summed E-state index contributed by atoms with van der Waals surface area (Å²) in [5.41, 5.74) is 0.782. The van der Waals surface area contributed by atoms with Gasteiger partial charge in [0.15, 0.2) is 0 Å². The Morgan fingerprint density at radius 3 is 2.21 bits per heavy atom. The van der Waals surface area contributed by atoms with Gasteiger partial charge in [-0.25, -0.2) is 12.8 Å². The van der Waals surface area contributed by atoms with Gasteiger partial charge < -0.3 is 15.0 Å². The van der Waals surface area contributed by atoms with E-state index >= 15 is 0 Å². The molecule has 0 aliphatic rings. The van der Waals surface area contributed by atoms with Gasteiger partial charge >= 0.3 is 0 Å². The van der Waals surface area contributed by atoms with Crippen LogP contribution in [0.5, 0.6) is 5.75 Å². The van der Waals surface area contributed by atoms with Gasteiger partial charge in [-0.05, 0) is 87.5 Å². The average molecular weight is 616 g/mol. The highest BCUT2D eigenvalue weighted by atomic mass is 32.2. The minimum atomic E-state index is -4.25. The van der Waals surface area contributed by atoms with Crippen molar-refractivity contribution in [3.05, 3.63) is 84.2 Å². The first-order valence-corrected chi connectivity index (χ1v) is 16.4. The van der Waals surface area contributed by atoms with Gasteiger partial charge in [0.1, 0.15) is 24.2 Å². The molecule has 11 heteroatoms. The lowest BCUT2D eigenvalue weighted by Crippen LogP contribution is -2.52. The Hall–Kier alpha value is -3.57. The number of hydrogen-bond acceptors (Lipinski definition) is 6. The maximum absolute atomic E-state index is 14.1. The van der Waals surface area contributed by atoms with Crippen LogP contribution in [0.25, 0.3) is 0 Å². The third-order valence-corrected chi connectivity index (χ3v) is 9.31. The van der Waals surface area contributed by atoms with Crippen molar-refractivity contribution in [3.63, 3.8) is 0 Å². The SMILES string of the molecule is CCOc1ccccc1N(CC(=O)N(Cc1ccc(F)cc1)[C@H](C)C(=O)N[C@@H](C)CC)S(=O)(=O)c1ccc(SC)cc1. The van der Waals surface area contributed by atoms with Crippen LogP contribution in [0.4, 0.5) is 10.1 Å². The number of carbonyl (C=O) groups is 2. The normalized spacial score (nSPS) is 12.7. The Labute approximate surface area is 252 Å². The minimum absolute atomic E-state index is 0.00653. The summed E-state index contributed by atoms with van der Waals surface area (Å²) in [7, 11) is -4.25. The first kappa shape index (κ1) is 32.9. The highest BCUT2D eigenvalue weighted by molar-refractivity contribution is 7.98. The first-order valence-electron chi connectivity index (χ1n) is 13.7. The summed E-state index contributed by atoms with van der Waals surface area (Å²) < 4.78 is 48.6. The lowest BCUT2D eigenvalue weighted by Gasteiger charge is -2.33. The number of amides is 2. The quantitative estimate of drug-likeness (QED) is 0.242. The van der Waals surface area contributed by atoms with Crippen LogP contribution in [0, 0.1) is 5.82 Å². The zero-order valence-corrected chi connectivity index (χ0v) is 26.2. The van der Waals surface area contributed by atoms with E-state index in [1.807, 2.05) is 20.1 Å². The Balaban J connectivity index is 2.07. The molecular weight excluding hydrogens is 577 g/mol. The molecule has 1 N–H and O–H groups in total. The van der Waals surface area contributed by atoms with Gasteiger partial charge in [0.05, 0.1) is 17.2 Å². The third-order valence-electron chi connectivity index (χ3n) is 6.79. The number of nitrogens with zero attached hydrogens (tertiary/aromatic N) is 2. The molecule has 0 aliphatic heterocycles. The van der Waals surface area contributed by atoms with Crippen LogP contribution in [0.15, 0.2) is 82.6 Å². The molecule has 0 bridgehead atoms. The number of thioether (sulfide) groups is 1. The Kier molecular flexibility index (Phi) is 11.8. The van der Waals surface area contributed by atoms with Crippen molar-refractivity contribution < 1.29 is 27.1 Å². The number of halogens is 1. The Morgan fingerprint density at radius 2 is 1.62 bits per heavy atom. The largest absolute Gasteiger partial charge is 0.492 e. The van der Waals surface area contributed by atoms with Gasteiger partial charge in [-0.3, -0.25) is 13.9 Å². The summed E-state index contributed by atoms with van der Waals surface area (Å²) >= 11 is 1.48. The van der Waals surface area contributed by atoms with Crippen molar-refractivity contribution in [1.29, 1.82) is 0 Å². The highest BCUT2D eigenvalue weighted by Crippen LogP contribution is 2.33. The molecular formula is C31H38FN3O5S2. The number of para-hydroxylation sites is 2. The molecule has 0 saturated carbocycles. The fraction of sp³-hybridized carbons (Fsp3) is 0.355. The zero-order valence-electron chi connectivity index (χ0n) is 24.5. The molecule has 3 aromatic carbocycles. The molecule has 8 nitrogen and oxygen atoms in total. The molecule has 0 fully saturated rings. The first-order chi connectivity index (χ1) is 20.0. The van der Waals surface area contributed by atoms with E-state index < -0.39 is 34.3 Å². The van der Waals surface area contributed by atoms with Gasteiger partial charge in [0, 0.05) is 17.5 Å². The zero-order chi connectivity index (χ0) is 30.9. The predicted molar refractivity (Wildman–Crippen MR) is 165 cm³/mol. The summed E-state index contributed by atoms with van der Waals surface area (Å²) in [5.74, 6) is -1.13. The molecule has 0 heterocycles. The summed E-state index contributed by atoms with van der Waals surface area (Å²) in [5, 5.41) is 2.89. The van der Waals surface area contributed by atoms with E-state index in [0.29, 0.717) is 17.7 Å². The number of hydrogen-bond donors (Lipinski definition) is 1. The molecule has 0 saturated heterocycles. The summed E-state index contributed by atoms with van der Waals surface area (Å²) in [6.45, 7) is 6.82. The number of ether oxygens (including phenoxy) is 1. The van der Waals surface area contributed by atoms with E-state index in [1.165, 1.54) is 53.1 Å². The molecule has 226 valence electrons.